The molecule has 0 aromatic heterocycles. The summed E-state index contributed by atoms with van der Waals surface area (Å²) in [4.78, 5) is 10.2. The number of nitrogens with zero attached hydrogens (tertiary/aromatic N) is 1. The van der Waals surface area contributed by atoms with Crippen LogP contribution in [0.1, 0.15) is 5.56 Å². The number of ether oxygens (including phenoxy) is 1. The van der Waals surface area contributed by atoms with Gasteiger partial charge in [0.05, 0.1) is 9.95 Å². The van der Waals surface area contributed by atoms with E-state index in [-0.39, 0.29) is 23.1 Å². The summed E-state index contributed by atoms with van der Waals surface area (Å²) in [5.74, 6) is -0.202. The van der Waals surface area contributed by atoms with Gasteiger partial charge >= 0.3 is 0 Å². The van der Waals surface area contributed by atoms with Gasteiger partial charge in [-0.3, -0.25) is 10.1 Å². The van der Waals surface area contributed by atoms with E-state index >= 15 is 0 Å². The van der Waals surface area contributed by atoms with Crippen LogP contribution >= 0.6 is 23.2 Å². The fraction of sp³-hybridized carbons (Fsp3) is 0.0769. The topological polar surface area (TPSA) is 52.4 Å². The molecule has 20 heavy (non-hydrogen) atoms. The maximum absolute atomic E-state index is 12.9. The molecule has 2 rings (SSSR count). The predicted molar refractivity (Wildman–Crippen MR) is 73.8 cm³/mol. The first-order chi connectivity index (χ1) is 9.47. The largest absolute Gasteiger partial charge is 0.487 e. The highest BCUT2D eigenvalue weighted by Crippen LogP contribution is 2.28. The van der Waals surface area contributed by atoms with E-state index in [0.717, 1.165) is 6.07 Å². The fourth-order valence-corrected chi connectivity index (χ4v) is 1.93. The van der Waals surface area contributed by atoms with E-state index in [1.807, 2.05) is 0 Å². The zero-order valence-corrected chi connectivity index (χ0v) is 11.5. The molecule has 0 radical (unpaired) electrons. The second-order valence-electron chi connectivity index (χ2n) is 3.90. The van der Waals surface area contributed by atoms with Crippen LogP contribution in [0.3, 0.4) is 0 Å². The van der Waals surface area contributed by atoms with E-state index in [0.29, 0.717) is 10.6 Å². The number of hydrogen-bond acceptors (Lipinski definition) is 3. The van der Waals surface area contributed by atoms with Gasteiger partial charge in [0.1, 0.15) is 18.2 Å². The molecule has 0 bridgehead atoms. The molecular formula is C13H8Cl2FNO3. The Labute approximate surface area is 123 Å². The van der Waals surface area contributed by atoms with Crippen LogP contribution in [-0.2, 0) is 6.61 Å². The van der Waals surface area contributed by atoms with E-state index in [1.165, 1.54) is 30.3 Å². The molecule has 0 aliphatic rings. The van der Waals surface area contributed by atoms with Crippen molar-refractivity contribution in [3.8, 4) is 5.75 Å². The Bertz CT molecular complexity index is 664. The number of halogens is 3. The zero-order chi connectivity index (χ0) is 14.7. The third-order valence-corrected chi connectivity index (χ3v) is 3.18. The summed E-state index contributed by atoms with van der Waals surface area (Å²) in [5.41, 5.74) is 0.361. The molecule has 0 heterocycles. The Hall–Kier alpha value is -1.85. The lowest BCUT2D eigenvalue weighted by Crippen LogP contribution is -1.98. The predicted octanol–water partition coefficient (Wildman–Crippen LogP) is 4.62. The Balaban J connectivity index is 2.18. The van der Waals surface area contributed by atoms with Gasteiger partial charge in [-0.2, -0.15) is 0 Å². The van der Waals surface area contributed by atoms with Crippen LogP contribution in [0.4, 0.5) is 10.1 Å². The SMILES string of the molecule is O=[N+]([O-])c1ccc(Cl)c(COc2ccc(F)cc2Cl)c1. The molecule has 0 aliphatic heterocycles. The van der Waals surface area contributed by atoms with Gasteiger partial charge in [-0.25, -0.2) is 4.39 Å². The minimum Gasteiger partial charge on any atom is -0.487 e. The molecule has 2 aromatic carbocycles. The number of non-ortho nitro benzene ring substituents is 1. The minimum atomic E-state index is -0.523. The van der Waals surface area contributed by atoms with Gasteiger partial charge in [0.2, 0.25) is 0 Å². The van der Waals surface area contributed by atoms with Crippen molar-refractivity contribution < 1.29 is 14.1 Å². The van der Waals surface area contributed by atoms with Crippen molar-refractivity contribution in [1.82, 2.24) is 0 Å². The van der Waals surface area contributed by atoms with E-state index in [1.54, 1.807) is 0 Å². The van der Waals surface area contributed by atoms with Gasteiger partial charge in [-0.15, -0.1) is 0 Å². The van der Waals surface area contributed by atoms with Crippen molar-refractivity contribution >= 4 is 28.9 Å². The summed E-state index contributed by atoms with van der Waals surface area (Å²) in [5, 5.41) is 11.1. The van der Waals surface area contributed by atoms with Crippen molar-refractivity contribution in [2.75, 3.05) is 0 Å². The molecule has 0 unspecified atom stereocenters. The number of nitro groups is 1. The second-order valence-corrected chi connectivity index (χ2v) is 4.71. The fourth-order valence-electron chi connectivity index (χ4n) is 1.53. The average Bonchev–Trinajstić information content (AvgIpc) is 2.39. The molecule has 2 aromatic rings. The number of hydrogen-bond donors (Lipinski definition) is 0. The molecule has 7 heteroatoms. The maximum Gasteiger partial charge on any atom is 0.269 e. The molecule has 0 aliphatic carbocycles. The molecule has 0 fully saturated rings. The third kappa shape index (κ3) is 3.37. The van der Waals surface area contributed by atoms with E-state index in [4.69, 9.17) is 27.9 Å². The Morgan fingerprint density at radius 1 is 1.15 bits per heavy atom. The molecule has 0 saturated heterocycles. The van der Waals surface area contributed by atoms with E-state index in [9.17, 15) is 14.5 Å². The van der Waals surface area contributed by atoms with Crippen molar-refractivity contribution in [3.05, 3.63) is 67.9 Å². The first kappa shape index (κ1) is 14.6. The lowest BCUT2D eigenvalue weighted by molar-refractivity contribution is -0.384. The molecule has 104 valence electrons. The van der Waals surface area contributed by atoms with Crippen LogP contribution in [0.2, 0.25) is 10.0 Å². The smallest absolute Gasteiger partial charge is 0.269 e. The average molecular weight is 316 g/mol. The van der Waals surface area contributed by atoms with Gasteiger partial charge in [0, 0.05) is 22.7 Å². The number of rotatable bonds is 4. The van der Waals surface area contributed by atoms with Crippen LogP contribution in [0.25, 0.3) is 0 Å². The highest BCUT2D eigenvalue weighted by molar-refractivity contribution is 6.32. The van der Waals surface area contributed by atoms with Crippen LogP contribution in [0.5, 0.6) is 5.75 Å². The van der Waals surface area contributed by atoms with Crippen molar-refractivity contribution in [2.45, 2.75) is 6.61 Å². The van der Waals surface area contributed by atoms with Gasteiger partial charge in [0.25, 0.3) is 5.69 Å². The zero-order valence-electron chi connectivity index (χ0n) is 9.98. The lowest BCUT2D eigenvalue weighted by Gasteiger charge is -2.09. The van der Waals surface area contributed by atoms with Crippen LogP contribution in [0.15, 0.2) is 36.4 Å². The molecule has 0 saturated carbocycles. The number of nitro benzene ring substituents is 1. The van der Waals surface area contributed by atoms with Gasteiger partial charge < -0.3 is 4.74 Å². The molecular weight excluding hydrogens is 308 g/mol. The molecule has 0 spiro atoms. The third-order valence-electron chi connectivity index (χ3n) is 2.52. The molecule has 0 N–H and O–H groups in total. The first-order valence-corrected chi connectivity index (χ1v) is 6.23. The van der Waals surface area contributed by atoms with Crippen molar-refractivity contribution in [3.63, 3.8) is 0 Å². The van der Waals surface area contributed by atoms with E-state index < -0.39 is 10.7 Å². The van der Waals surface area contributed by atoms with Crippen LogP contribution in [-0.4, -0.2) is 4.92 Å². The summed E-state index contributed by atoms with van der Waals surface area (Å²) in [6, 6.07) is 7.74. The van der Waals surface area contributed by atoms with Gasteiger partial charge in [-0.1, -0.05) is 23.2 Å². The second kappa shape index (κ2) is 6.07. The van der Waals surface area contributed by atoms with Crippen LogP contribution in [0, 0.1) is 15.9 Å². The monoisotopic (exact) mass is 315 g/mol. The molecule has 4 nitrogen and oxygen atoms in total. The summed E-state index contributed by atoms with van der Waals surface area (Å²) in [6.07, 6.45) is 0. The van der Waals surface area contributed by atoms with Crippen LogP contribution < -0.4 is 4.74 Å². The summed E-state index contributed by atoms with van der Waals surface area (Å²) in [7, 11) is 0. The Kier molecular flexibility index (Phi) is 4.42. The lowest BCUT2D eigenvalue weighted by atomic mass is 10.2. The standard InChI is InChI=1S/C13H8Cl2FNO3/c14-11-3-2-10(17(18)19)5-8(11)7-20-13-4-1-9(16)6-12(13)15/h1-6H,7H2. The summed E-state index contributed by atoms with van der Waals surface area (Å²) < 4.78 is 18.3. The molecule has 0 amide bonds. The van der Waals surface area contributed by atoms with E-state index in [2.05, 4.69) is 0 Å². The first-order valence-electron chi connectivity index (χ1n) is 5.48. The van der Waals surface area contributed by atoms with Crippen molar-refractivity contribution in [2.24, 2.45) is 0 Å². The number of benzene rings is 2. The highest BCUT2D eigenvalue weighted by Gasteiger charge is 2.11. The normalized spacial score (nSPS) is 10.3. The Morgan fingerprint density at radius 3 is 2.55 bits per heavy atom. The van der Waals surface area contributed by atoms with Gasteiger partial charge in [-0.05, 0) is 24.3 Å². The highest BCUT2D eigenvalue weighted by atomic mass is 35.5. The molecule has 0 atom stereocenters. The summed E-state index contributed by atoms with van der Waals surface area (Å²) in [6.45, 7) is -0.00807. The van der Waals surface area contributed by atoms with Gasteiger partial charge in [0.15, 0.2) is 0 Å². The minimum absolute atomic E-state index is 0.00807. The Morgan fingerprint density at radius 2 is 1.90 bits per heavy atom. The summed E-state index contributed by atoms with van der Waals surface area (Å²) >= 11 is 11.7. The quantitative estimate of drug-likeness (QED) is 0.611. The van der Waals surface area contributed by atoms with Crippen molar-refractivity contribution in [1.29, 1.82) is 0 Å². The maximum atomic E-state index is 12.9.